The molecule has 2 aromatic rings. The molecule has 0 bridgehead atoms. The number of carbonyl (C=O) groups is 2. The highest BCUT2D eigenvalue weighted by atomic mass is 19.4. The number of halogens is 3. The number of likely N-dealkylation sites (tertiary alicyclic amines) is 1. The molecule has 2 aliphatic carbocycles. The second-order valence-corrected chi connectivity index (χ2v) is 10.4. The molecule has 2 unspecified atom stereocenters. The first-order valence-corrected chi connectivity index (χ1v) is 12.3. The average Bonchev–Trinajstić information content (AvgIpc) is 3.54. The molecule has 1 N–H and O–H groups in total. The predicted octanol–water partition coefficient (Wildman–Crippen LogP) is 3.06. The third kappa shape index (κ3) is 3.75. The fourth-order valence-corrected chi connectivity index (χ4v) is 6.16. The fourth-order valence-electron chi connectivity index (χ4n) is 6.16. The molecule has 5 aliphatic rings. The molecule has 1 amide bonds. The maximum Gasteiger partial charge on any atom is 0.490 e. The minimum Gasteiger partial charge on any atom is -0.475 e. The summed E-state index contributed by atoms with van der Waals surface area (Å²) >= 11 is 0. The summed E-state index contributed by atoms with van der Waals surface area (Å²) in [6.45, 7) is 4.24. The minimum absolute atomic E-state index is 0.141. The first-order valence-electron chi connectivity index (χ1n) is 12.3. The number of hydrogen-bond donors (Lipinski definition) is 1. The summed E-state index contributed by atoms with van der Waals surface area (Å²) in [5.74, 6) is 0.557. The van der Waals surface area contributed by atoms with Gasteiger partial charge in [0.15, 0.2) is 5.82 Å². The largest absolute Gasteiger partial charge is 0.490 e. The van der Waals surface area contributed by atoms with Crippen molar-refractivity contribution in [3.8, 4) is 5.82 Å². The van der Waals surface area contributed by atoms with Crippen LogP contribution in [0, 0.1) is 23.7 Å². The van der Waals surface area contributed by atoms with Crippen LogP contribution < -0.4 is 4.90 Å². The normalized spacial score (nSPS) is 29.8. The van der Waals surface area contributed by atoms with Crippen molar-refractivity contribution >= 4 is 17.6 Å². The maximum atomic E-state index is 13.3. The summed E-state index contributed by atoms with van der Waals surface area (Å²) in [6, 6.07) is 8.63. The molecule has 5 heterocycles. The summed E-state index contributed by atoms with van der Waals surface area (Å²) < 4.78 is 39.5. The Morgan fingerprint density at radius 1 is 1.17 bits per heavy atom. The van der Waals surface area contributed by atoms with E-state index in [0.717, 1.165) is 51.0 Å². The molecule has 8 nitrogen and oxygen atoms in total. The van der Waals surface area contributed by atoms with Gasteiger partial charge in [-0.1, -0.05) is 0 Å². The number of anilines is 1. The van der Waals surface area contributed by atoms with Gasteiger partial charge >= 0.3 is 12.1 Å². The van der Waals surface area contributed by atoms with Gasteiger partial charge in [0, 0.05) is 37.9 Å². The number of alkyl halides is 3. The van der Waals surface area contributed by atoms with Crippen molar-refractivity contribution in [3.05, 3.63) is 42.4 Å². The van der Waals surface area contributed by atoms with E-state index >= 15 is 0 Å². The molecule has 0 aromatic carbocycles. The van der Waals surface area contributed by atoms with Crippen LogP contribution in [0.5, 0.6) is 0 Å². The van der Waals surface area contributed by atoms with Gasteiger partial charge in [-0.05, 0) is 61.3 Å². The third-order valence-electron chi connectivity index (χ3n) is 8.20. The van der Waals surface area contributed by atoms with Crippen molar-refractivity contribution in [1.82, 2.24) is 14.5 Å². The Labute approximate surface area is 205 Å². The number of aromatic nitrogens is 2. The van der Waals surface area contributed by atoms with E-state index in [4.69, 9.17) is 19.6 Å². The number of pyridine rings is 1. The second kappa shape index (κ2) is 8.22. The highest BCUT2D eigenvalue weighted by Gasteiger charge is 2.61. The van der Waals surface area contributed by atoms with Crippen LogP contribution in [0.15, 0.2) is 36.7 Å². The SMILES string of the molecule is O=C(C1[C@H]2COC[C@@H]12)N1CCC2(C1)c1cccn1-c1ncccc1N2CC1CC1.O=C(O)C(F)(F)F. The predicted molar refractivity (Wildman–Crippen MR) is 121 cm³/mol. The molecule has 7 rings (SSSR count). The Morgan fingerprint density at radius 2 is 1.89 bits per heavy atom. The van der Waals surface area contributed by atoms with Crippen molar-refractivity contribution < 1.29 is 32.6 Å². The highest BCUT2D eigenvalue weighted by molar-refractivity contribution is 5.83. The Balaban J connectivity index is 0.000000305. The molecule has 4 atom stereocenters. The number of carbonyl (C=O) groups excluding carboxylic acids is 1. The molecule has 2 aromatic heterocycles. The van der Waals surface area contributed by atoms with E-state index in [1.54, 1.807) is 0 Å². The highest BCUT2D eigenvalue weighted by Crippen LogP contribution is 2.54. The van der Waals surface area contributed by atoms with E-state index in [-0.39, 0.29) is 11.5 Å². The molecule has 11 heteroatoms. The Hall–Kier alpha value is -3.08. The van der Waals surface area contributed by atoms with E-state index in [0.29, 0.717) is 17.7 Å². The number of hydrogen-bond acceptors (Lipinski definition) is 5. The molecular formula is C25H27F3N4O4. The first-order chi connectivity index (χ1) is 17.2. The lowest BCUT2D eigenvalue weighted by Gasteiger charge is -2.47. The van der Waals surface area contributed by atoms with E-state index in [1.165, 1.54) is 24.2 Å². The summed E-state index contributed by atoms with van der Waals surface area (Å²) in [5.41, 5.74) is 2.37. The first kappa shape index (κ1) is 23.3. The van der Waals surface area contributed by atoms with Gasteiger partial charge in [0.2, 0.25) is 5.91 Å². The van der Waals surface area contributed by atoms with Crippen LogP contribution in [0.1, 0.15) is 25.0 Å². The van der Waals surface area contributed by atoms with Crippen LogP contribution in [0.25, 0.3) is 5.82 Å². The number of carboxylic acid groups (broad SMARTS) is 1. The van der Waals surface area contributed by atoms with Gasteiger partial charge in [0.05, 0.1) is 24.6 Å². The van der Waals surface area contributed by atoms with Crippen molar-refractivity contribution in [2.45, 2.75) is 31.0 Å². The standard InChI is InChI=1S/C23H26N4O2.C2HF3O2/c28-22(20-16-12-29-13-17(16)20)25-10-7-23(14-25)19-4-2-9-26(19)21-18(3-1-8-24-21)27(23)11-15-5-6-15;3-2(4,5)1(6)7/h1-4,8-9,15-17,20H,5-7,10-14H2;(H,6,7)/t16-,17+,20?,23?;. The van der Waals surface area contributed by atoms with Crippen molar-refractivity contribution in [2.24, 2.45) is 23.7 Å². The number of ether oxygens (including phenoxy) is 1. The molecule has 192 valence electrons. The molecule has 4 fully saturated rings. The molecule has 1 spiro atoms. The van der Waals surface area contributed by atoms with Gasteiger partial charge in [0.1, 0.15) is 5.54 Å². The number of rotatable bonds is 3. The molecule has 2 saturated heterocycles. The zero-order chi connectivity index (χ0) is 25.2. The van der Waals surface area contributed by atoms with Crippen LogP contribution >= 0.6 is 0 Å². The zero-order valence-electron chi connectivity index (χ0n) is 19.5. The van der Waals surface area contributed by atoms with Crippen molar-refractivity contribution in [1.29, 1.82) is 0 Å². The van der Waals surface area contributed by atoms with Crippen molar-refractivity contribution in [2.75, 3.05) is 37.7 Å². The van der Waals surface area contributed by atoms with Gasteiger partial charge in [-0.15, -0.1) is 0 Å². The van der Waals surface area contributed by atoms with Gasteiger partial charge in [-0.2, -0.15) is 13.2 Å². The molecular weight excluding hydrogens is 477 g/mol. The van der Waals surface area contributed by atoms with Gasteiger partial charge in [-0.3, -0.25) is 4.79 Å². The quantitative estimate of drug-likeness (QED) is 0.692. The summed E-state index contributed by atoms with van der Waals surface area (Å²) in [7, 11) is 0. The Kier molecular flexibility index (Phi) is 5.33. The summed E-state index contributed by atoms with van der Waals surface area (Å²) in [5, 5.41) is 7.12. The number of fused-ring (bicyclic) bond motifs is 5. The number of amides is 1. The number of aliphatic carboxylic acids is 1. The third-order valence-corrected chi connectivity index (χ3v) is 8.20. The van der Waals surface area contributed by atoms with Crippen LogP contribution in [0.2, 0.25) is 0 Å². The van der Waals surface area contributed by atoms with Crippen LogP contribution in [-0.2, 0) is 19.9 Å². The van der Waals surface area contributed by atoms with Crippen LogP contribution in [-0.4, -0.2) is 70.5 Å². The minimum atomic E-state index is -5.08. The maximum absolute atomic E-state index is 13.3. The lowest BCUT2D eigenvalue weighted by atomic mass is 9.88. The number of nitrogens with zero attached hydrogens (tertiary/aromatic N) is 4. The average molecular weight is 505 g/mol. The van der Waals surface area contributed by atoms with Gasteiger partial charge in [0.25, 0.3) is 0 Å². The fraction of sp³-hybridized carbons (Fsp3) is 0.560. The summed E-state index contributed by atoms with van der Waals surface area (Å²) in [6.07, 6.45) is 2.55. The smallest absolute Gasteiger partial charge is 0.475 e. The van der Waals surface area contributed by atoms with Gasteiger partial charge < -0.3 is 24.2 Å². The Bertz CT molecular complexity index is 1190. The van der Waals surface area contributed by atoms with Gasteiger partial charge in [-0.25, -0.2) is 9.78 Å². The summed E-state index contributed by atoms with van der Waals surface area (Å²) in [4.78, 5) is 31.7. The second-order valence-electron chi connectivity index (χ2n) is 10.4. The van der Waals surface area contributed by atoms with E-state index in [1.807, 2.05) is 12.3 Å². The van der Waals surface area contributed by atoms with E-state index < -0.39 is 12.1 Å². The van der Waals surface area contributed by atoms with Crippen LogP contribution in [0.4, 0.5) is 18.9 Å². The number of carboxylic acids is 1. The molecule has 0 radical (unpaired) electrons. The van der Waals surface area contributed by atoms with E-state index in [9.17, 15) is 18.0 Å². The van der Waals surface area contributed by atoms with Crippen molar-refractivity contribution in [3.63, 3.8) is 0 Å². The Morgan fingerprint density at radius 3 is 2.56 bits per heavy atom. The molecule has 36 heavy (non-hydrogen) atoms. The topological polar surface area (TPSA) is 87.9 Å². The van der Waals surface area contributed by atoms with Crippen LogP contribution in [0.3, 0.4) is 0 Å². The lowest BCUT2D eigenvalue weighted by Crippen LogP contribution is -2.53. The molecule has 3 aliphatic heterocycles. The lowest BCUT2D eigenvalue weighted by molar-refractivity contribution is -0.192. The van der Waals surface area contributed by atoms with E-state index in [2.05, 4.69) is 38.8 Å². The zero-order valence-corrected chi connectivity index (χ0v) is 19.5. The monoisotopic (exact) mass is 504 g/mol. The molecule has 2 saturated carbocycles.